The predicted molar refractivity (Wildman–Crippen MR) is 100 cm³/mol. The normalized spacial score (nSPS) is 22.6. The first-order chi connectivity index (χ1) is 14.2. The molecule has 162 valence electrons. The van der Waals surface area contributed by atoms with Gasteiger partial charge in [0.05, 0.1) is 11.3 Å². The summed E-state index contributed by atoms with van der Waals surface area (Å²) in [5, 5.41) is 0. The summed E-state index contributed by atoms with van der Waals surface area (Å²) < 4.78 is 26.6. The van der Waals surface area contributed by atoms with Crippen LogP contribution in [0, 0.1) is 0 Å². The van der Waals surface area contributed by atoms with Crippen molar-refractivity contribution >= 4 is 23.9 Å². The molecule has 0 aliphatic carbocycles. The van der Waals surface area contributed by atoms with Gasteiger partial charge < -0.3 is 23.7 Å². The number of ether oxygens (including phenoxy) is 5. The number of aromatic nitrogens is 1. The summed E-state index contributed by atoms with van der Waals surface area (Å²) in [6.45, 7) is 6.78. The molecule has 1 saturated heterocycles. The van der Waals surface area contributed by atoms with Gasteiger partial charge in [0.2, 0.25) is 0 Å². The van der Waals surface area contributed by atoms with Gasteiger partial charge in [-0.15, -0.1) is 0 Å². The van der Waals surface area contributed by atoms with Crippen molar-refractivity contribution in [3.63, 3.8) is 0 Å². The van der Waals surface area contributed by atoms with Crippen LogP contribution in [-0.2, 0) is 38.1 Å². The predicted octanol–water partition coefficient (Wildman–Crippen LogP) is 1.29. The van der Waals surface area contributed by atoms with Gasteiger partial charge in [0.15, 0.2) is 12.2 Å². The lowest BCUT2D eigenvalue weighted by atomic mass is 10.0. The van der Waals surface area contributed by atoms with E-state index in [1.54, 1.807) is 0 Å². The minimum Gasteiger partial charge on any atom is -0.463 e. The van der Waals surface area contributed by atoms with Gasteiger partial charge in [0.1, 0.15) is 25.4 Å². The number of hydrogen-bond donors (Lipinski definition) is 0. The van der Waals surface area contributed by atoms with Crippen molar-refractivity contribution < 1.29 is 42.9 Å². The molecule has 1 aliphatic rings. The lowest BCUT2D eigenvalue weighted by Crippen LogP contribution is -2.40. The summed E-state index contributed by atoms with van der Waals surface area (Å²) in [4.78, 5) is 51.2. The van der Waals surface area contributed by atoms with Crippen molar-refractivity contribution in [3.05, 3.63) is 42.2 Å². The highest BCUT2D eigenvalue weighted by molar-refractivity contribution is 5.90. The van der Waals surface area contributed by atoms with Crippen molar-refractivity contribution in [2.75, 3.05) is 13.2 Å². The Morgan fingerprint density at radius 3 is 2.33 bits per heavy atom. The van der Waals surface area contributed by atoms with Crippen molar-refractivity contribution in [1.29, 1.82) is 0 Å². The van der Waals surface area contributed by atoms with Gasteiger partial charge in [-0.05, 0) is 12.1 Å². The summed E-state index contributed by atoms with van der Waals surface area (Å²) in [6.07, 6.45) is -1.42. The first kappa shape index (κ1) is 23.0. The van der Waals surface area contributed by atoms with Crippen LogP contribution in [0.25, 0.3) is 0 Å². The fourth-order valence-corrected chi connectivity index (χ4v) is 2.96. The Kier molecular flexibility index (Phi) is 8.05. The average molecular weight is 421 g/mol. The van der Waals surface area contributed by atoms with Crippen LogP contribution >= 0.6 is 0 Å². The highest BCUT2D eigenvalue weighted by Gasteiger charge is 2.51. The quantitative estimate of drug-likeness (QED) is 0.344. The van der Waals surface area contributed by atoms with Crippen LogP contribution in [-0.4, -0.2) is 60.4 Å². The second kappa shape index (κ2) is 10.5. The van der Waals surface area contributed by atoms with E-state index in [0.717, 1.165) is 0 Å². The first-order valence-electron chi connectivity index (χ1n) is 9.10. The van der Waals surface area contributed by atoms with E-state index in [4.69, 9.17) is 23.7 Å². The molecule has 4 unspecified atom stereocenters. The zero-order chi connectivity index (χ0) is 22.3. The van der Waals surface area contributed by atoms with E-state index in [2.05, 4.69) is 11.6 Å². The van der Waals surface area contributed by atoms with Gasteiger partial charge in [0, 0.05) is 27.0 Å². The highest BCUT2D eigenvalue weighted by atomic mass is 16.6. The molecular weight excluding hydrogens is 398 g/mol. The largest absolute Gasteiger partial charge is 0.463 e. The van der Waals surface area contributed by atoms with E-state index in [-0.39, 0.29) is 24.5 Å². The second-order valence-corrected chi connectivity index (χ2v) is 6.37. The summed E-state index contributed by atoms with van der Waals surface area (Å²) in [6, 6.07) is 3.01. The number of hydrogen-bond acceptors (Lipinski definition) is 10. The van der Waals surface area contributed by atoms with Crippen LogP contribution in [0.5, 0.6) is 0 Å². The lowest BCUT2D eigenvalue weighted by molar-refractivity contribution is -0.165. The van der Waals surface area contributed by atoms with Gasteiger partial charge in [-0.3, -0.25) is 19.4 Å². The van der Waals surface area contributed by atoms with Crippen molar-refractivity contribution in [2.24, 2.45) is 0 Å². The lowest BCUT2D eigenvalue weighted by Gasteiger charge is -2.23. The Labute approximate surface area is 173 Å². The van der Waals surface area contributed by atoms with Crippen LogP contribution in [0.3, 0.4) is 0 Å². The van der Waals surface area contributed by atoms with E-state index >= 15 is 0 Å². The molecule has 30 heavy (non-hydrogen) atoms. The Balaban J connectivity index is 2.44. The molecule has 10 nitrogen and oxygen atoms in total. The number of esters is 4. The molecule has 2 rings (SSSR count). The molecule has 1 aliphatic heterocycles. The zero-order valence-electron chi connectivity index (χ0n) is 16.9. The third-order valence-electron chi connectivity index (χ3n) is 4.03. The number of rotatable bonds is 8. The molecule has 1 aromatic heterocycles. The van der Waals surface area contributed by atoms with E-state index in [0.29, 0.717) is 0 Å². The monoisotopic (exact) mass is 421 g/mol. The standard InChI is InChI=1S/C20H23NO9/c1-5-9-26-20(25)14-7-6-8-21-16(14)18-19(29-13(4)24)17(28-12(3)23)15(30-18)10-27-11(2)22/h5-8,15,17-19H,1,9-10H2,2-4H3. The SMILES string of the molecule is C=CCOC(=O)c1cccnc1C1OC(COC(C)=O)C(OC(C)=O)C1OC(C)=O. The Hall–Kier alpha value is -3.27. The molecule has 0 radical (unpaired) electrons. The summed E-state index contributed by atoms with van der Waals surface area (Å²) >= 11 is 0. The molecule has 0 aromatic carbocycles. The Bertz CT molecular complexity index is 822. The van der Waals surface area contributed by atoms with Crippen molar-refractivity contribution in [2.45, 2.75) is 45.2 Å². The minimum absolute atomic E-state index is 0.0167. The average Bonchev–Trinajstić information content (AvgIpc) is 3.00. The first-order valence-corrected chi connectivity index (χ1v) is 9.10. The van der Waals surface area contributed by atoms with Crippen LogP contribution in [0.4, 0.5) is 0 Å². The molecule has 1 fully saturated rings. The fourth-order valence-electron chi connectivity index (χ4n) is 2.96. The topological polar surface area (TPSA) is 127 Å². The van der Waals surface area contributed by atoms with Crippen LogP contribution in [0.15, 0.2) is 31.0 Å². The molecule has 10 heteroatoms. The van der Waals surface area contributed by atoms with Gasteiger partial charge in [-0.25, -0.2) is 4.79 Å². The number of carbonyl (C=O) groups excluding carboxylic acids is 4. The fraction of sp³-hybridized carbons (Fsp3) is 0.450. The van der Waals surface area contributed by atoms with E-state index in [9.17, 15) is 19.2 Å². The molecular formula is C20H23NO9. The molecule has 0 bridgehead atoms. The molecule has 4 atom stereocenters. The maximum Gasteiger partial charge on any atom is 0.340 e. The van der Waals surface area contributed by atoms with E-state index < -0.39 is 48.3 Å². The summed E-state index contributed by atoms with van der Waals surface area (Å²) in [5.41, 5.74) is 0.205. The maximum absolute atomic E-state index is 12.4. The van der Waals surface area contributed by atoms with Gasteiger partial charge in [-0.1, -0.05) is 12.7 Å². The molecule has 0 N–H and O–H groups in total. The van der Waals surface area contributed by atoms with E-state index in [1.165, 1.54) is 45.2 Å². The molecule has 0 spiro atoms. The number of carbonyl (C=O) groups is 4. The summed E-state index contributed by atoms with van der Waals surface area (Å²) in [7, 11) is 0. The zero-order valence-corrected chi connectivity index (χ0v) is 16.9. The van der Waals surface area contributed by atoms with Crippen LogP contribution < -0.4 is 0 Å². The second-order valence-electron chi connectivity index (χ2n) is 6.37. The van der Waals surface area contributed by atoms with Crippen LogP contribution in [0.1, 0.15) is 42.9 Å². The smallest absolute Gasteiger partial charge is 0.340 e. The molecule has 2 heterocycles. The molecule has 0 saturated carbocycles. The maximum atomic E-state index is 12.4. The Morgan fingerprint density at radius 1 is 1.07 bits per heavy atom. The third-order valence-corrected chi connectivity index (χ3v) is 4.03. The number of nitrogens with zero attached hydrogens (tertiary/aromatic N) is 1. The van der Waals surface area contributed by atoms with Crippen LogP contribution in [0.2, 0.25) is 0 Å². The number of pyridine rings is 1. The molecule has 0 amide bonds. The minimum atomic E-state index is -1.13. The van der Waals surface area contributed by atoms with Gasteiger partial charge >= 0.3 is 23.9 Å². The van der Waals surface area contributed by atoms with Crippen molar-refractivity contribution in [3.8, 4) is 0 Å². The van der Waals surface area contributed by atoms with Crippen molar-refractivity contribution in [1.82, 2.24) is 4.98 Å². The Morgan fingerprint density at radius 2 is 1.73 bits per heavy atom. The summed E-state index contributed by atoms with van der Waals surface area (Å²) in [5.74, 6) is -2.57. The van der Waals surface area contributed by atoms with Gasteiger partial charge in [-0.2, -0.15) is 0 Å². The van der Waals surface area contributed by atoms with Gasteiger partial charge in [0.25, 0.3) is 0 Å². The third kappa shape index (κ3) is 5.86. The molecule has 1 aromatic rings. The van der Waals surface area contributed by atoms with E-state index in [1.807, 2.05) is 0 Å². The highest BCUT2D eigenvalue weighted by Crippen LogP contribution is 2.38.